The fraction of sp³-hybridized carbons (Fsp3) is 0.0625. The fourth-order valence-electron chi connectivity index (χ4n) is 2.37. The monoisotopic (exact) mass is 329 g/mol. The van der Waals surface area contributed by atoms with E-state index in [4.69, 9.17) is 4.74 Å². The highest BCUT2D eigenvalue weighted by Gasteiger charge is 2.15. The van der Waals surface area contributed by atoms with Gasteiger partial charge in [0.25, 0.3) is 0 Å². The van der Waals surface area contributed by atoms with Gasteiger partial charge in [-0.3, -0.25) is 4.79 Å². The number of hydrogen-bond donors (Lipinski definition) is 0. The maximum Gasteiger partial charge on any atom is 0.167 e. The van der Waals surface area contributed by atoms with Crippen molar-refractivity contribution >= 4 is 27.7 Å². The van der Waals surface area contributed by atoms with Crippen LogP contribution in [0.4, 0.5) is 0 Å². The molecule has 100 valence electrons. The van der Waals surface area contributed by atoms with Gasteiger partial charge in [-0.15, -0.1) is 0 Å². The lowest BCUT2D eigenvalue weighted by Crippen LogP contribution is -1.93. The molecule has 0 aliphatic heterocycles. The number of pyridine rings is 1. The number of aldehydes is 1. The summed E-state index contributed by atoms with van der Waals surface area (Å²) in [4.78, 5) is 11.5. The summed E-state index contributed by atoms with van der Waals surface area (Å²) in [5, 5.41) is 0. The number of hydrogen-bond acceptors (Lipinski definition) is 2. The van der Waals surface area contributed by atoms with Crippen LogP contribution in [0.2, 0.25) is 0 Å². The van der Waals surface area contributed by atoms with Crippen LogP contribution in [0.3, 0.4) is 0 Å². The number of nitrogens with zero attached hydrogens (tertiary/aromatic N) is 1. The SMILES string of the molecule is COc1ccc(Br)cc1-c1cc2ccccn2c1C=O. The number of fused-ring (bicyclic) bond motifs is 1. The topological polar surface area (TPSA) is 30.7 Å². The first-order valence-electron chi connectivity index (χ1n) is 6.14. The van der Waals surface area contributed by atoms with Crippen molar-refractivity contribution in [3.63, 3.8) is 0 Å². The molecule has 1 aromatic carbocycles. The minimum atomic E-state index is 0.622. The molecular weight excluding hydrogens is 318 g/mol. The van der Waals surface area contributed by atoms with E-state index in [2.05, 4.69) is 15.9 Å². The number of methoxy groups -OCH3 is 1. The van der Waals surface area contributed by atoms with E-state index in [1.807, 2.05) is 53.1 Å². The summed E-state index contributed by atoms with van der Waals surface area (Å²) in [6, 6.07) is 13.6. The second kappa shape index (κ2) is 5.13. The Morgan fingerprint density at radius 3 is 2.75 bits per heavy atom. The first-order chi connectivity index (χ1) is 9.74. The van der Waals surface area contributed by atoms with E-state index in [-0.39, 0.29) is 0 Å². The van der Waals surface area contributed by atoms with Crippen LogP contribution in [0.1, 0.15) is 10.5 Å². The number of aromatic nitrogens is 1. The molecule has 3 aromatic rings. The first kappa shape index (κ1) is 12.9. The largest absolute Gasteiger partial charge is 0.496 e. The number of rotatable bonds is 3. The molecule has 0 bridgehead atoms. The van der Waals surface area contributed by atoms with Crippen molar-refractivity contribution in [3.8, 4) is 16.9 Å². The molecule has 20 heavy (non-hydrogen) atoms. The minimum Gasteiger partial charge on any atom is -0.496 e. The third-order valence-electron chi connectivity index (χ3n) is 3.28. The predicted molar refractivity (Wildman–Crippen MR) is 82.5 cm³/mol. The Labute approximate surface area is 124 Å². The molecule has 2 aromatic heterocycles. The summed E-state index contributed by atoms with van der Waals surface area (Å²) in [6.07, 6.45) is 2.76. The molecular formula is C16H12BrNO2. The van der Waals surface area contributed by atoms with Crippen LogP contribution in [-0.4, -0.2) is 17.8 Å². The normalized spacial score (nSPS) is 10.7. The van der Waals surface area contributed by atoms with Crippen molar-refractivity contribution in [1.82, 2.24) is 4.40 Å². The second-order valence-electron chi connectivity index (χ2n) is 4.40. The van der Waals surface area contributed by atoms with Gasteiger partial charge in [-0.25, -0.2) is 0 Å². The minimum absolute atomic E-state index is 0.622. The van der Waals surface area contributed by atoms with Crippen molar-refractivity contribution in [2.75, 3.05) is 7.11 Å². The standard InChI is InChI=1S/C16H12BrNO2/c1-20-16-6-5-11(17)8-14(16)13-9-12-4-2-3-7-18(12)15(13)10-19/h2-10H,1H3. The molecule has 0 unspecified atom stereocenters. The molecule has 0 saturated heterocycles. The molecule has 0 N–H and O–H groups in total. The maximum atomic E-state index is 11.5. The average Bonchev–Trinajstić information content (AvgIpc) is 2.85. The Morgan fingerprint density at radius 1 is 1.15 bits per heavy atom. The molecule has 2 heterocycles. The van der Waals surface area contributed by atoms with E-state index >= 15 is 0 Å². The van der Waals surface area contributed by atoms with Crippen LogP contribution in [0.15, 0.2) is 53.1 Å². The van der Waals surface area contributed by atoms with Crippen LogP contribution < -0.4 is 4.74 Å². The molecule has 0 fully saturated rings. The zero-order valence-electron chi connectivity index (χ0n) is 10.8. The average molecular weight is 330 g/mol. The van der Waals surface area contributed by atoms with Gasteiger partial charge in [0.1, 0.15) is 5.75 Å². The molecule has 0 atom stereocenters. The Kier molecular flexibility index (Phi) is 3.32. The predicted octanol–water partition coefficient (Wildman–Crippen LogP) is 4.19. The van der Waals surface area contributed by atoms with Crippen molar-refractivity contribution in [2.45, 2.75) is 0 Å². The van der Waals surface area contributed by atoms with E-state index in [1.54, 1.807) is 7.11 Å². The second-order valence-corrected chi connectivity index (χ2v) is 5.32. The molecule has 3 nitrogen and oxygen atoms in total. The van der Waals surface area contributed by atoms with E-state index in [1.165, 1.54) is 0 Å². The lowest BCUT2D eigenvalue weighted by molar-refractivity contribution is 0.111. The number of carbonyl (C=O) groups excluding carboxylic acids is 1. The zero-order valence-corrected chi connectivity index (χ0v) is 12.4. The smallest absolute Gasteiger partial charge is 0.167 e. The van der Waals surface area contributed by atoms with Crippen LogP contribution in [0, 0.1) is 0 Å². The fourth-order valence-corrected chi connectivity index (χ4v) is 2.73. The summed E-state index contributed by atoms with van der Waals surface area (Å²) >= 11 is 3.46. The van der Waals surface area contributed by atoms with E-state index in [0.29, 0.717) is 5.69 Å². The Bertz CT molecular complexity index is 792. The maximum absolute atomic E-state index is 11.5. The van der Waals surface area contributed by atoms with Crippen molar-refractivity contribution < 1.29 is 9.53 Å². The zero-order chi connectivity index (χ0) is 14.1. The molecule has 4 heteroatoms. The lowest BCUT2D eigenvalue weighted by Gasteiger charge is -2.08. The van der Waals surface area contributed by atoms with Gasteiger partial charge in [-0.2, -0.15) is 0 Å². The molecule has 0 aliphatic carbocycles. The molecule has 0 radical (unpaired) electrons. The summed E-state index contributed by atoms with van der Waals surface area (Å²) in [5.74, 6) is 0.743. The van der Waals surface area contributed by atoms with Crippen molar-refractivity contribution in [3.05, 3.63) is 58.8 Å². The van der Waals surface area contributed by atoms with Gasteiger partial charge in [0, 0.05) is 27.3 Å². The molecule has 0 spiro atoms. The van der Waals surface area contributed by atoms with Crippen LogP contribution in [0.25, 0.3) is 16.6 Å². The van der Waals surface area contributed by atoms with Crippen molar-refractivity contribution in [1.29, 1.82) is 0 Å². The summed E-state index contributed by atoms with van der Waals surface area (Å²) in [6.45, 7) is 0. The number of carbonyl (C=O) groups is 1. The first-order valence-corrected chi connectivity index (χ1v) is 6.93. The summed E-state index contributed by atoms with van der Waals surface area (Å²) in [7, 11) is 1.63. The van der Waals surface area contributed by atoms with Crippen molar-refractivity contribution in [2.24, 2.45) is 0 Å². The Hall–Kier alpha value is -2.07. The van der Waals surface area contributed by atoms with Gasteiger partial charge >= 0.3 is 0 Å². The quantitative estimate of drug-likeness (QED) is 0.674. The number of halogens is 1. The van der Waals surface area contributed by atoms with Crippen LogP contribution in [0.5, 0.6) is 5.75 Å². The van der Waals surface area contributed by atoms with Gasteiger partial charge < -0.3 is 9.14 Å². The van der Waals surface area contributed by atoms with E-state index in [9.17, 15) is 4.79 Å². The Balaban J connectivity index is 2.34. The molecule has 0 saturated carbocycles. The summed E-state index contributed by atoms with van der Waals surface area (Å²) in [5.41, 5.74) is 3.36. The third-order valence-corrected chi connectivity index (χ3v) is 3.78. The van der Waals surface area contributed by atoms with E-state index in [0.717, 1.165) is 33.2 Å². The third kappa shape index (κ3) is 2.02. The highest BCUT2D eigenvalue weighted by atomic mass is 79.9. The highest BCUT2D eigenvalue weighted by Crippen LogP contribution is 2.35. The molecule has 0 amide bonds. The van der Waals surface area contributed by atoms with Crippen LogP contribution in [-0.2, 0) is 0 Å². The van der Waals surface area contributed by atoms with Crippen LogP contribution >= 0.6 is 15.9 Å². The van der Waals surface area contributed by atoms with Gasteiger partial charge in [0.05, 0.1) is 12.8 Å². The highest BCUT2D eigenvalue weighted by molar-refractivity contribution is 9.10. The lowest BCUT2D eigenvalue weighted by atomic mass is 10.1. The van der Waals surface area contributed by atoms with Gasteiger partial charge in [-0.1, -0.05) is 22.0 Å². The molecule has 3 rings (SSSR count). The number of ether oxygens (including phenoxy) is 1. The van der Waals surface area contributed by atoms with E-state index < -0.39 is 0 Å². The van der Waals surface area contributed by atoms with Gasteiger partial charge in [0.15, 0.2) is 6.29 Å². The summed E-state index contributed by atoms with van der Waals surface area (Å²) < 4.78 is 8.23. The van der Waals surface area contributed by atoms with Gasteiger partial charge in [-0.05, 0) is 36.4 Å². The Morgan fingerprint density at radius 2 is 2.00 bits per heavy atom. The number of benzene rings is 1. The molecule has 0 aliphatic rings. The van der Waals surface area contributed by atoms with Gasteiger partial charge in [0.2, 0.25) is 0 Å².